The minimum Gasteiger partial charge on any atom is -0.465 e. The van der Waals surface area contributed by atoms with Crippen LogP contribution < -0.4 is 0 Å². The molecule has 9 heteroatoms. The van der Waals surface area contributed by atoms with Crippen molar-refractivity contribution in [3.05, 3.63) is 118 Å². The smallest absolute Gasteiger partial charge is 0.337 e. The topological polar surface area (TPSA) is 141 Å². The zero-order valence-corrected chi connectivity index (χ0v) is 33.3. The first-order valence-corrected chi connectivity index (χ1v) is 20.3. The molecule has 0 spiro atoms. The number of aromatic amines is 2. The van der Waals surface area contributed by atoms with Crippen LogP contribution in [-0.4, -0.2) is 49.0 Å². The highest BCUT2D eigenvalue weighted by Gasteiger charge is 2.34. The summed E-state index contributed by atoms with van der Waals surface area (Å²) < 4.78 is 4.96. The maximum Gasteiger partial charge on any atom is 0.337 e. The van der Waals surface area contributed by atoms with Gasteiger partial charge in [-0.15, -0.1) is 0 Å². The number of rotatable bonds is 14. The number of ether oxygens (including phenoxy) is 1. The van der Waals surface area contributed by atoms with Gasteiger partial charge in [0.15, 0.2) is 5.78 Å². The molecule has 9 nitrogen and oxygen atoms in total. The van der Waals surface area contributed by atoms with E-state index in [0.29, 0.717) is 44.5 Å². The largest absolute Gasteiger partial charge is 0.465 e. The summed E-state index contributed by atoms with van der Waals surface area (Å²) in [4.78, 5) is 42.5. The lowest BCUT2D eigenvalue weighted by Gasteiger charge is -2.13. The first kappa shape index (κ1) is 39.6. The van der Waals surface area contributed by atoms with Crippen LogP contribution in [0.3, 0.4) is 0 Å². The number of nitrogens with one attached hydrogen (secondary N) is 2. The van der Waals surface area contributed by atoms with Crippen molar-refractivity contribution in [2.45, 2.75) is 97.2 Å². The van der Waals surface area contributed by atoms with Gasteiger partial charge < -0.3 is 24.9 Å². The Bertz CT molecular complexity index is 2460. The molecule has 0 amide bonds. The molecule has 0 fully saturated rings. The standard InChI is InChI=1S/C48H52N4O5/c1-5-7-9-11-13-34-36-23-24-37(49-36)35(14-12-10-8-6-2)39-26-28-41(51-39)43(32-19-21-33(22-20-32)48(56)57-4)45-47(55)46(54)44(52-45)42(40-27-25-38(34)50-40)31-17-15-30(16-18-31)29(3)53/h15-28,46-47,50-51,54-55H,5-14H2,1-4H3. The lowest BCUT2D eigenvalue weighted by molar-refractivity contribution is 0.0260. The molecule has 2 aliphatic rings. The zero-order chi connectivity index (χ0) is 40.1. The fraction of sp³-hybridized carbons (Fsp3) is 0.333. The summed E-state index contributed by atoms with van der Waals surface area (Å²) >= 11 is 0. The second-order valence-electron chi connectivity index (χ2n) is 15.1. The highest BCUT2D eigenvalue weighted by molar-refractivity contribution is 5.95. The third-order valence-corrected chi connectivity index (χ3v) is 11.2. The normalized spacial score (nSPS) is 14.9. The maximum atomic E-state index is 12.4. The quantitative estimate of drug-likeness (QED) is 0.0491. The van der Waals surface area contributed by atoms with Gasteiger partial charge in [-0.2, -0.15) is 0 Å². The number of aryl methyl sites for hydroxylation is 2. The van der Waals surface area contributed by atoms with Crippen molar-refractivity contribution in [2.75, 3.05) is 7.11 Å². The van der Waals surface area contributed by atoms with E-state index in [1.165, 1.54) is 14.0 Å². The molecule has 2 aromatic carbocycles. The van der Waals surface area contributed by atoms with Crippen LogP contribution in [0.4, 0.5) is 0 Å². The van der Waals surface area contributed by atoms with Crippen LogP contribution in [0.5, 0.6) is 0 Å². The van der Waals surface area contributed by atoms with Gasteiger partial charge in [-0.1, -0.05) is 88.8 Å². The molecule has 5 aromatic rings. The third-order valence-electron chi connectivity index (χ3n) is 11.2. The Labute approximate surface area is 333 Å². The summed E-state index contributed by atoms with van der Waals surface area (Å²) in [5.41, 5.74) is 11.5. The summed E-state index contributed by atoms with van der Waals surface area (Å²) in [6.07, 6.45) is 12.0. The van der Waals surface area contributed by atoms with Crippen LogP contribution in [0, 0.1) is 0 Å². The van der Waals surface area contributed by atoms with Crippen molar-refractivity contribution < 1.29 is 24.5 Å². The number of ketones is 1. The number of unbranched alkanes of at least 4 members (excludes halogenated alkanes) is 6. The summed E-state index contributed by atoms with van der Waals surface area (Å²) in [7, 11) is 1.35. The summed E-state index contributed by atoms with van der Waals surface area (Å²) in [6, 6.07) is 22.3. The van der Waals surface area contributed by atoms with Crippen LogP contribution in [-0.2, 0) is 17.6 Å². The van der Waals surface area contributed by atoms with Gasteiger partial charge in [-0.05, 0) is 92.3 Å². The Morgan fingerprint density at radius 3 is 1.46 bits per heavy atom. The minimum absolute atomic E-state index is 0.0518. The number of hydrogen-bond acceptors (Lipinski definition) is 7. The van der Waals surface area contributed by atoms with Crippen molar-refractivity contribution in [2.24, 2.45) is 0 Å². The minimum atomic E-state index is -1.38. The predicted molar refractivity (Wildman–Crippen MR) is 228 cm³/mol. The van der Waals surface area contributed by atoms with E-state index in [1.807, 2.05) is 24.3 Å². The van der Waals surface area contributed by atoms with Gasteiger partial charge in [0.25, 0.3) is 0 Å². The molecule has 0 aliphatic carbocycles. The van der Waals surface area contributed by atoms with Gasteiger partial charge in [0.1, 0.15) is 12.2 Å². The molecule has 5 heterocycles. The van der Waals surface area contributed by atoms with Gasteiger partial charge >= 0.3 is 5.97 Å². The van der Waals surface area contributed by atoms with E-state index in [2.05, 4.69) is 48.1 Å². The van der Waals surface area contributed by atoms with Crippen LogP contribution in [0.15, 0.2) is 72.8 Å². The van der Waals surface area contributed by atoms with E-state index in [-0.39, 0.29) is 11.5 Å². The molecule has 0 radical (unpaired) electrons. The van der Waals surface area contributed by atoms with Crippen molar-refractivity contribution in [1.82, 2.24) is 19.9 Å². The van der Waals surface area contributed by atoms with E-state index in [9.17, 15) is 19.8 Å². The molecule has 2 unspecified atom stereocenters. The van der Waals surface area contributed by atoms with E-state index in [1.54, 1.807) is 36.4 Å². The van der Waals surface area contributed by atoms with Gasteiger partial charge in [0.05, 0.1) is 35.4 Å². The summed E-state index contributed by atoms with van der Waals surface area (Å²) in [6.45, 7) is 5.96. The number of fused-ring (bicyclic) bond motifs is 8. The van der Waals surface area contributed by atoms with Crippen LogP contribution in [0.1, 0.15) is 139 Å². The van der Waals surface area contributed by atoms with Crippen molar-refractivity contribution in [1.29, 1.82) is 0 Å². The van der Waals surface area contributed by atoms with E-state index >= 15 is 0 Å². The number of nitrogens with zero attached hydrogens (tertiary/aromatic N) is 2. The summed E-state index contributed by atoms with van der Waals surface area (Å²) in [5.74, 6) is -0.509. The number of carbonyl (C=O) groups is 2. The number of benzene rings is 2. The molecular weight excluding hydrogens is 713 g/mol. The number of aromatic nitrogens is 4. The van der Waals surface area contributed by atoms with E-state index in [4.69, 9.17) is 14.7 Å². The molecule has 2 atom stereocenters. The average Bonchev–Trinajstić information content (AvgIpc) is 4.06. The fourth-order valence-corrected chi connectivity index (χ4v) is 8.00. The number of H-pyrrole nitrogens is 2. The second-order valence-corrected chi connectivity index (χ2v) is 15.1. The van der Waals surface area contributed by atoms with Gasteiger partial charge in [-0.3, -0.25) is 9.78 Å². The Balaban J connectivity index is 1.59. The summed E-state index contributed by atoms with van der Waals surface area (Å²) in [5, 5.41) is 24.0. The van der Waals surface area contributed by atoms with Gasteiger partial charge in [0, 0.05) is 49.9 Å². The molecule has 294 valence electrons. The van der Waals surface area contributed by atoms with Gasteiger partial charge in [-0.25, -0.2) is 9.78 Å². The Morgan fingerprint density at radius 1 is 0.596 bits per heavy atom. The molecule has 3 aromatic heterocycles. The lowest BCUT2D eigenvalue weighted by atomic mass is 9.96. The molecule has 8 bridgehead atoms. The molecule has 0 saturated carbocycles. The highest BCUT2D eigenvalue weighted by Crippen LogP contribution is 2.43. The molecule has 2 aliphatic heterocycles. The van der Waals surface area contributed by atoms with Gasteiger partial charge in [0.2, 0.25) is 0 Å². The van der Waals surface area contributed by atoms with Crippen molar-refractivity contribution in [3.63, 3.8) is 0 Å². The van der Waals surface area contributed by atoms with E-state index < -0.39 is 18.2 Å². The molecule has 4 N–H and O–H groups in total. The van der Waals surface area contributed by atoms with Crippen LogP contribution in [0.25, 0.3) is 56.5 Å². The van der Waals surface area contributed by atoms with Crippen molar-refractivity contribution >= 4 is 46.0 Å². The number of aliphatic hydroxyl groups excluding tert-OH is 2. The maximum absolute atomic E-state index is 12.4. The SMILES string of the molecule is CCCCCCc1c2nc(c(CCCCCC)c3ccc([nH]3)c(-c3ccc(C(=O)OC)cc3)c3nc(c(-c4ccc(C(C)=O)cc4)c4ccc1[nH]4)C(O)C3O)C=C2. The number of Topliss-reactive ketones (excluding diaryl/α,β-unsaturated/α-hetero) is 1. The number of methoxy groups -OCH3 is 1. The number of aliphatic hydroxyl groups is 2. The Kier molecular flexibility index (Phi) is 12.3. The predicted octanol–water partition coefficient (Wildman–Crippen LogP) is 10.8. The second kappa shape index (κ2) is 17.7. The number of hydrogen-bond donors (Lipinski definition) is 4. The van der Waals surface area contributed by atoms with E-state index in [0.717, 1.165) is 103 Å². The lowest BCUT2D eigenvalue weighted by Crippen LogP contribution is -2.05. The third kappa shape index (κ3) is 8.27. The first-order valence-electron chi connectivity index (χ1n) is 20.3. The van der Waals surface area contributed by atoms with Crippen LogP contribution >= 0.6 is 0 Å². The molecule has 57 heavy (non-hydrogen) atoms. The first-order chi connectivity index (χ1) is 27.7. The molecule has 0 saturated heterocycles. The number of carbonyl (C=O) groups excluding carboxylic acids is 2. The fourth-order valence-electron chi connectivity index (χ4n) is 8.00. The average molecular weight is 765 g/mol. The zero-order valence-electron chi connectivity index (χ0n) is 33.3. The Hall–Kier alpha value is -5.64. The van der Waals surface area contributed by atoms with Crippen LogP contribution in [0.2, 0.25) is 0 Å². The molecular formula is C48H52N4O5. The van der Waals surface area contributed by atoms with Crippen molar-refractivity contribution in [3.8, 4) is 22.3 Å². The monoisotopic (exact) mass is 764 g/mol. The number of esters is 1. The highest BCUT2D eigenvalue weighted by atomic mass is 16.5. The Morgan fingerprint density at radius 2 is 1.04 bits per heavy atom. The molecule has 7 rings (SSSR count).